The van der Waals surface area contributed by atoms with Gasteiger partial charge in [0.25, 0.3) is 5.91 Å². The number of rotatable bonds is 7. The third-order valence-electron chi connectivity index (χ3n) is 6.17. The van der Waals surface area contributed by atoms with Crippen molar-refractivity contribution in [1.82, 2.24) is 14.5 Å². The summed E-state index contributed by atoms with van der Waals surface area (Å²) < 4.78 is 2.23. The summed E-state index contributed by atoms with van der Waals surface area (Å²) in [6.07, 6.45) is 9.62. The van der Waals surface area contributed by atoms with Gasteiger partial charge in [-0.15, -0.1) is 0 Å². The quantitative estimate of drug-likeness (QED) is 0.727. The SMILES string of the molecule is NC(=O)C(CCC(=O)O)N1Cc2cc(-c3nccn3C3CCCCC3)ccc2C1=O. The number of carboxylic acid groups (broad SMARTS) is 1. The number of nitrogens with two attached hydrogens (primary N) is 1. The van der Waals surface area contributed by atoms with Crippen LogP contribution in [-0.2, 0) is 16.1 Å². The van der Waals surface area contributed by atoms with Crippen molar-refractivity contribution in [2.45, 2.75) is 63.6 Å². The van der Waals surface area contributed by atoms with Crippen molar-refractivity contribution >= 4 is 17.8 Å². The van der Waals surface area contributed by atoms with E-state index < -0.39 is 17.9 Å². The highest BCUT2D eigenvalue weighted by Crippen LogP contribution is 2.34. The Bertz CT molecular complexity index is 977. The summed E-state index contributed by atoms with van der Waals surface area (Å²) in [5.41, 5.74) is 7.73. The Hall–Kier alpha value is -3.16. The minimum atomic E-state index is -1.03. The van der Waals surface area contributed by atoms with E-state index in [1.807, 2.05) is 24.5 Å². The molecule has 30 heavy (non-hydrogen) atoms. The van der Waals surface area contributed by atoms with Crippen LogP contribution in [0.4, 0.5) is 0 Å². The van der Waals surface area contributed by atoms with Crippen molar-refractivity contribution in [3.05, 3.63) is 41.7 Å². The highest BCUT2D eigenvalue weighted by Gasteiger charge is 2.36. The van der Waals surface area contributed by atoms with Crippen molar-refractivity contribution in [3.63, 3.8) is 0 Å². The van der Waals surface area contributed by atoms with Gasteiger partial charge < -0.3 is 20.3 Å². The number of amides is 2. The number of carbonyl (C=O) groups is 3. The lowest BCUT2D eigenvalue weighted by Gasteiger charge is -2.25. The smallest absolute Gasteiger partial charge is 0.303 e. The molecule has 0 bridgehead atoms. The summed E-state index contributed by atoms with van der Waals surface area (Å²) in [6, 6.07) is 5.11. The number of nitrogens with zero attached hydrogens (tertiary/aromatic N) is 3. The van der Waals surface area contributed by atoms with Crippen molar-refractivity contribution in [1.29, 1.82) is 0 Å². The van der Waals surface area contributed by atoms with Gasteiger partial charge in [0.2, 0.25) is 5.91 Å². The number of hydrogen-bond donors (Lipinski definition) is 2. The number of fused-ring (bicyclic) bond motifs is 1. The minimum absolute atomic E-state index is 0.00331. The van der Waals surface area contributed by atoms with Gasteiger partial charge in [-0.25, -0.2) is 4.98 Å². The van der Waals surface area contributed by atoms with E-state index in [0.717, 1.165) is 29.8 Å². The molecule has 2 aromatic rings. The summed E-state index contributed by atoms with van der Waals surface area (Å²) in [4.78, 5) is 41.6. The van der Waals surface area contributed by atoms with Crippen molar-refractivity contribution in [2.75, 3.05) is 0 Å². The Labute approximate surface area is 174 Å². The van der Waals surface area contributed by atoms with Gasteiger partial charge >= 0.3 is 5.97 Å². The van der Waals surface area contributed by atoms with E-state index in [4.69, 9.17) is 10.8 Å². The van der Waals surface area contributed by atoms with E-state index in [0.29, 0.717) is 11.6 Å². The molecule has 1 saturated carbocycles. The van der Waals surface area contributed by atoms with Gasteiger partial charge in [-0.3, -0.25) is 14.4 Å². The van der Waals surface area contributed by atoms with Gasteiger partial charge in [-0.05, 0) is 37.0 Å². The molecule has 1 aliphatic heterocycles. The molecule has 1 aromatic carbocycles. The lowest BCUT2D eigenvalue weighted by molar-refractivity contribution is -0.137. The van der Waals surface area contributed by atoms with E-state index in [9.17, 15) is 14.4 Å². The van der Waals surface area contributed by atoms with Gasteiger partial charge in [-0.1, -0.05) is 25.3 Å². The van der Waals surface area contributed by atoms with E-state index in [2.05, 4.69) is 9.55 Å². The van der Waals surface area contributed by atoms with E-state index >= 15 is 0 Å². The van der Waals surface area contributed by atoms with Crippen molar-refractivity contribution in [2.24, 2.45) is 5.73 Å². The molecule has 2 amide bonds. The highest BCUT2D eigenvalue weighted by atomic mass is 16.4. The van der Waals surface area contributed by atoms with Crippen LogP contribution in [0.25, 0.3) is 11.4 Å². The molecule has 4 rings (SSSR count). The second-order valence-corrected chi connectivity index (χ2v) is 8.11. The zero-order valence-electron chi connectivity index (χ0n) is 16.8. The molecular weight excluding hydrogens is 384 g/mol. The van der Waals surface area contributed by atoms with Gasteiger partial charge in [0.15, 0.2) is 0 Å². The van der Waals surface area contributed by atoms with Crippen LogP contribution in [0, 0.1) is 0 Å². The molecule has 1 unspecified atom stereocenters. The molecule has 0 saturated heterocycles. The third kappa shape index (κ3) is 3.81. The topological polar surface area (TPSA) is 119 Å². The first-order chi connectivity index (χ1) is 14.5. The standard InChI is InChI=1S/C22H26N4O4/c23-20(29)18(8-9-19(27)28)26-13-15-12-14(6-7-17(15)22(26)30)21-24-10-11-25(21)16-4-2-1-3-5-16/h6-7,10-12,16,18H,1-5,8-9,13H2,(H2,23,29)(H,27,28). The number of hydrogen-bond acceptors (Lipinski definition) is 4. The van der Waals surface area contributed by atoms with Crippen molar-refractivity contribution in [3.8, 4) is 11.4 Å². The fourth-order valence-corrected chi connectivity index (χ4v) is 4.64. The number of primary amides is 1. The Kier molecular flexibility index (Phi) is 5.57. The van der Waals surface area contributed by atoms with E-state index in [1.165, 1.54) is 24.2 Å². The molecule has 0 radical (unpaired) electrons. The van der Waals surface area contributed by atoms with Gasteiger partial charge in [-0.2, -0.15) is 0 Å². The summed E-state index contributed by atoms with van der Waals surface area (Å²) in [5, 5.41) is 8.94. The number of aromatic nitrogens is 2. The van der Waals surface area contributed by atoms with Gasteiger partial charge in [0.05, 0.1) is 0 Å². The van der Waals surface area contributed by atoms with Crippen LogP contribution in [0.5, 0.6) is 0 Å². The second kappa shape index (κ2) is 8.30. The fraction of sp³-hybridized carbons (Fsp3) is 0.455. The summed E-state index contributed by atoms with van der Waals surface area (Å²) in [7, 11) is 0. The normalized spacial score (nSPS) is 17.7. The minimum Gasteiger partial charge on any atom is -0.481 e. The maximum Gasteiger partial charge on any atom is 0.303 e. The summed E-state index contributed by atoms with van der Waals surface area (Å²) in [5.74, 6) is -1.12. The Morgan fingerprint density at radius 1 is 1.23 bits per heavy atom. The van der Waals surface area contributed by atoms with Crippen LogP contribution in [0.1, 0.15) is 66.9 Å². The number of aliphatic carboxylic acids is 1. The second-order valence-electron chi connectivity index (χ2n) is 8.11. The molecule has 0 spiro atoms. The number of carbonyl (C=O) groups excluding carboxylic acids is 2. The van der Waals surface area contributed by atoms with Crippen LogP contribution >= 0.6 is 0 Å². The zero-order valence-corrected chi connectivity index (χ0v) is 16.8. The summed E-state index contributed by atoms with van der Waals surface area (Å²) >= 11 is 0. The predicted molar refractivity (Wildman–Crippen MR) is 110 cm³/mol. The molecule has 1 aliphatic carbocycles. The van der Waals surface area contributed by atoms with Crippen LogP contribution in [-0.4, -0.2) is 43.4 Å². The number of imidazole rings is 1. The molecule has 1 atom stereocenters. The third-order valence-corrected chi connectivity index (χ3v) is 6.17. The van der Waals surface area contributed by atoms with E-state index in [1.54, 1.807) is 6.07 Å². The lowest BCUT2D eigenvalue weighted by Crippen LogP contribution is -2.45. The molecule has 3 N–H and O–H groups in total. The average Bonchev–Trinajstić information content (AvgIpc) is 3.34. The predicted octanol–water partition coefficient (Wildman–Crippen LogP) is 2.73. The first-order valence-corrected chi connectivity index (χ1v) is 10.4. The van der Waals surface area contributed by atoms with Crippen molar-refractivity contribution < 1.29 is 19.5 Å². The Balaban J connectivity index is 1.59. The van der Waals surface area contributed by atoms with Crippen LogP contribution in [0.2, 0.25) is 0 Å². The van der Waals surface area contributed by atoms with Crippen LogP contribution in [0.15, 0.2) is 30.6 Å². The lowest BCUT2D eigenvalue weighted by atomic mass is 9.95. The summed E-state index contributed by atoms with van der Waals surface area (Å²) in [6.45, 7) is 0.235. The first kappa shape index (κ1) is 20.1. The van der Waals surface area contributed by atoms with Crippen LogP contribution < -0.4 is 5.73 Å². The monoisotopic (exact) mass is 410 g/mol. The molecule has 8 heteroatoms. The maximum absolute atomic E-state index is 12.8. The van der Waals surface area contributed by atoms with Gasteiger partial charge in [0.1, 0.15) is 11.9 Å². The van der Waals surface area contributed by atoms with Gasteiger partial charge in [0, 0.05) is 42.5 Å². The molecule has 1 aromatic heterocycles. The molecule has 8 nitrogen and oxygen atoms in total. The molecule has 158 valence electrons. The Morgan fingerprint density at radius 3 is 2.70 bits per heavy atom. The molecule has 1 fully saturated rings. The van der Waals surface area contributed by atoms with Crippen LogP contribution in [0.3, 0.4) is 0 Å². The zero-order chi connectivity index (χ0) is 21.3. The maximum atomic E-state index is 12.8. The number of carboxylic acids is 1. The molecule has 2 heterocycles. The Morgan fingerprint density at radius 2 is 2.00 bits per heavy atom. The van der Waals surface area contributed by atoms with E-state index in [-0.39, 0.29) is 25.3 Å². The highest BCUT2D eigenvalue weighted by molar-refractivity contribution is 6.01. The first-order valence-electron chi connectivity index (χ1n) is 10.4. The average molecular weight is 410 g/mol. The largest absolute Gasteiger partial charge is 0.481 e. The number of benzene rings is 1. The fourth-order valence-electron chi connectivity index (χ4n) is 4.64. The molecular formula is C22H26N4O4. The molecule has 2 aliphatic rings.